The summed E-state index contributed by atoms with van der Waals surface area (Å²) in [5.74, 6) is 1.18. The van der Waals surface area contributed by atoms with Crippen molar-refractivity contribution in [3.8, 4) is 17.2 Å². The highest BCUT2D eigenvalue weighted by molar-refractivity contribution is 6.00. The molecule has 7 nitrogen and oxygen atoms in total. The van der Waals surface area contributed by atoms with E-state index in [0.717, 1.165) is 0 Å². The van der Waals surface area contributed by atoms with Crippen LogP contribution in [0.5, 0.6) is 17.2 Å². The third-order valence-corrected chi connectivity index (χ3v) is 4.64. The molecule has 0 spiro atoms. The second-order valence-electron chi connectivity index (χ2n) is 6.80. The number of carbonyl (C=O) groups excluding carboxylic acids is 2. The predicted octanol–water partition coefficient (Wildman–Crippen LogP) is 3.51. The van der Waals surface area contributed by atoms with E-state index in [1.54, 1.807) is 47.4 Å². The zero-order chi connectivity index (χ0) is 21.5. The Labute approximate surface area is 180 Å². The van der Waals surface area contributed by atoms with E-state index >= 15 is 0 Å². The summed E-state index contributed by atoms with van der Waals surface area (Å²) in [6.07, 6.45) is 0. The van der Waals surface area contributed by atoms with Crippen molar-refractivity contribution in [3.63, 3.8) is 0 Å². The highest BCUT2D eigenvalue weighted by Gasteiger charge is 2.26. The Morgan fingerprint density at radius 1 is 0.839 bits per heavy atom. The fraction of sp³-hybridized carbons (Fsp3) is 0.167. The Hall–Kier alpha value is -4.00. The minimum absolute atomic E-state index is 0.0923. The van der Waals surface area contributed by atoms with Crippen LogP contribution in [0.25, 0.3) is 0 Å². The van der Waals surface area contributed by atoms with Gasteiger partial charge in [0.2, 0.25) is 0 Å². The molecule has 2 amide bonds. The quantitative estimate of drug-likeness (QED) is 0.635. The molecule has 0 atom stereocenters. The number of para-hydroxylation sites is 3. The van der Waals surface area contributed by atoms with Crippen molar-refractivity contribution >= 4 is 23.2 Å². The lowest BCUT2D eigenvalue weighted by Crippen LogP contribution is -2.41. The summed E-state index contributed by atoms with van der Waals surface area (Å²) >= 11 is 0. The van der Waals surface area contributed by atoms with Crippen molar-refractivity contribution in [3.05, 3.63) is 78.9 Å². The lowest BCUT2D eigenvalue weighted by Gasteiger charge is -2.30. The van der Waals surface area contributed by atoms with Crippen LogP contribution in [0, 0.1) is 0 Å². The molecule has 0 fully saturated rings. The number of hydrogen-bond donors (Lipinski definition) is 1. The highest BCUT2D eigenvalue weighted by atomic mass is 16.5. The van der Waals surface area contributed by atoms with E-state index in [-0.39, 0.29) is 25.0 Å². The minimum atomic E-state index is -0.322. The number of nitrogens with zero attached hydrogens (tertiary/aromatic N) is 1. The standard InChI is InChI=1S/C24H22N2O5/c27-22(16-30-18-8-3-1-4-9-18)25-20-12-7-13-21-24(20)29-15-14-26(21)23(28)17-31-19-10-5-2-6-11-19/h1-13H,14-17H2,(H,25,27). The number of ether oxygens (including phenoxy) is 3. The summed E-state index contributed by atoms with van der Waals surface area (Å²) in [7, 11) is 0. The number of nitrogens with one attached hydrogen (secondary N) is 1. The van der Waals surface area contributed by atoms with Crippen LogP contribution >= 0.6 is 0 Å². The van der Waals surface area contributed by atoms with E-state index in [0.29, 0.717) is 41.8 Å². The molecule has 1 aliphatic rings. The van der Waals surface area contributed by atoms with Crippen LogP contribution in [-0.2, 0) is 9.59 Å². The van der Waals surface area contributed by atoms with Gasteiger partial charge in [0, 0.05) is 0 Å². The topological polar surface area (TPSA) is 77.1 Å². The zero-order valence-corrected chi connectivity index (χ0v) is 16.8. The van der Waals surface area contributed by atoms with Gasteiger partial charge in [0.15, 0.2) is 19.0 Å². The molecule has 0 aromatic heterocycles. The largest absolute Gasteiger partial charge is 0.487 e. The maximum Gasteiger partial charge on any atom is 0.265 e. The van der Waals surface area contributed by atoms with Crippen LogP contribution in [0.3, 0.4) is 0 Å². The molecule has 158 valence electrons. The van der Waals surface area contributed by atoms with E-state index in [9.17, 15) is 9.59 Å². The molecule has 7 heteroatoms. The lowest BCUT2D eigenvalue weighted by atomic mass is 10.2. The number of anilines is 2. The normalized spacial score (nSPS) is 12.3. The molecule has 1 heterocycles. The lowest BCUT2D eigenvalue weighted by molar-refractivity contribution is -0.120. The minimum Gasteiger partial charge on any atom is -0.487 e. The summed E-state index contributed by atoms with van der Waals surface area (Å²) in [4.78, 5) is 26.7. The molecule has 0 unspecified atom stereocenters. The molecule has 31 heavy (non-hydrogen) atoms. The van der Waals surface area contributed by atoms with E-state index < -0.39 is 0 Å². The number of benzene rings is 3. The van der Waals surface area contributed by atoms with Gasteiger partial charge < -0.3 is 24.4 Å². The maximum atomic E-state index is 12.8. The Morgan fingerprint density at radius 2 is 1.48 bits per heavy atom. The van der Waals surface area contributed by atoms with Gasteiger partial charge in [-0.1, -0.05) is 42.5 Å². The second-order valence-corrected chi connectivity index (χ2v) is 6.80. The zero-order valence-electron chi connectivity index (χ0n) is 16.8. The summed E-state index contributed by atoms with van der Waals surface area (Å²) < 4.78 is 16.8. The van der Waals surface area contributed by atoms with Crippen LogP contribution in [0.1, 0.15) is 0 Å². The molecule has 0 saturated heterocycles. The molecule has 3 aromatic carbocycles. The Bertz CT molecular complexity index is 1040. The molecule has 1 N–H and O–H groups in total. The number of amides is 2. The highest BCUT2D eigenvalue weighted by Crippen LogP contribution is 2.38. The number of hydrogen-bond acceptors (Lipinski definition) is 5. The first-order valence-electron chi connectivity index (χ1n) is 9.92. The molecule has 4 rings (SSSR count). The SMILES string of the molecule is O=C(COc1ccccc1)Nc1cccc2c1OCCN2C(=O)COc1ccccc1. The first-order valence-corrected chi connectivity index (χ1v) is 9.92. The molecule has 0 saturated carbocycles. The molecule has 0 radical (unpaired) electrons. The Morgan fingerprint density at radius 3 is 2.16 bits per heavy atom. The summed E-state index contributed by atoms with van der Waals surface area (Å²) in [6.45, 7) is 0.488. The van der Waals surface area contributed by atoms with Gasteiger partial charge in [-0.15, -0.1) is 0 Å². The molecular formula is C24H22N2O5. The van der Waals surface area contributed by atoms with Crippen molar-refractivity contribution in [2.45, 2.75) is 0 Å². The van der Waals surface area contributed by atoms with Gasteiger partial charge in [0.1, 0.15) is 18.1 Å². The van der Waals surface area contributed by atoms with Gasteiger partial charge in [-0.3, -0.25) is 9.59 Å². The van der Waals surface area contributed by atoms with Crippen molar-refractivity contribution in [1.29, 1.82) is 0 Å². The molecule has 0 aliphatic carbocycles. The summed E-state index contributed by atoms with van der Waals surface area (Å²) in [6, 6.07) is 23.6. The fourth-order valence-corrected chi connectivity index (χ4v) is 3.20. The third kappa shape index (κ3) is 5.14. The number of rotatable bonds is 7. The van der Waals surface area contributed by atoms with Gasteiger partial charge in [0.05, 0.1) is 17.9 Å². The smallest absolute Gasteiger partial charge is 0.265 e. The first kappa shape index (κ1) is 20.3. The van der Waals surface area contributed by atoms with Crippen LogP contribution in [0.4, 0.5) is 11.4 Å². The fourth-order valence-electron chi connectivity index (χ4n) is 3.20. The van der Waals surface area contributed by atoms with E-state index in [4.69, 9.17) is 14.2 Å². The van der Waals surface area contributed by atoms with Crippen LogP contribution in [-0.4, -0.2) is 38.2 Å². The number of carbonyl (C=O) groups is 2. The van der Waals surface area contributed by atoms with Crippen LogP contribution < -0.4 is 24.4 Å². The second kappa shape index (κ2) is 9.67. The van der Waals surface area contributed by atoms with Crippen molar-refractivity contribution in [1.82, 2.24) is 0 Å². The van der Waals surface area contributed by atoms with Gasteiger partial charge in [-0.05, 0) is 36.4 Å². The Kier molecular flexibility index (Phi) is 6.32. The van der Waals surface area contributed by atoms with Crippen LogP contribution in [0.15, 0.2) is 78.9 Å². The van der Waals surface area contributed by atoms with Crippen LogP contribution in [0.2, 0.25) is 0 Å². The van der Waals surface area contributed by atoms with E-state index in [1.807, 2.05) is 36.4 Å². The van der Waals surface area contributed by atoms with E-state index in [1.165, 1.54) is 0 Å². The van der Waals surface area contributed by atoms with Crippen molar-refractivity contribution in [2.75, 3.05) is 36.6 Å². The van der Waals surface area contributed by atoms with Gasteiger partial charge >= 0.3 is 0 Å². The van der Waals surface area contributed by atoms with Gasteiger partial charge in [-0.2, -0.15) is 0 Å². The summed E-state index contributed by atoms with van der Waals surface area (Å²) in [5.41, 5.74) is 1.08. The molecule has 1 aliphatic heterocycles. The van der Waals surface area contributed by atoms with Crippen molar-refractivity contribution < 1.29 is 23.8 Å². The van der Waals surface area contributed by atoms with Gasteiger partial charge in [0.25, 0.3) is 11.8 Å². The van der Waals surface area contributed by atoms with Crippen molar-refractivity contribution in [2.24, 2.45) is 0 Å². The predicted molar refractivity (Wildman–Crippen MR) is 117 cm³/mol. The monoisotopic (exact) mass is 418 g/mol. The number of fused-ring (bicyclic) bond motifs is 1. The average molecular weight is 418 g/mol. The molecule has 3 aromatic rings. The average Bonchev–Trinajstić information content (AvgIpc) is 2.82. The van der Waals surface area contributed by atoms with Gasteiger partial charge in [-0.25, -0.2) is 0 Å². The van der Waals surface area contributed by atoms with E-state index in [2.05, 4.69) is 5.32 Å². The summed E-state index contributed by atoms with van der Waals surface area (Å²) in [5, 5.41) is 2.80. The third-order valence-electron chi connectivity index (χ3n) is 4.64. The molecule has 0 bridgehead atoms. The maximum absolute atomic E-state index is 12.8. The Balaban J connectivity index is 1.41. The molecular weight excluding hydrogens is 396 g/mol. The first-order chi connectivity index (χ1) is 15.2.